The molecule has 5 nitrogen and oxygen atoms in total. The molecule has 0 radical (unpaired) electrons. The summed E-state index contributed by atoms with van der Waals surface area (Å²) in [6.45, 7) is 3.62. The molecule has 0 unspecified atom stereocenters. The van der Waals surface area contributed by atoms with Crippen molar-refractivity contribution in [2.24, 2.45) is 5.92 Å². The Balaban J connectivity index is 1.53. The van der Waals surface area contributed by atoms with Gasteiger partial charge >= 0.3 is 0 Å². The van der Waals surface area contributed by atoms with E-state index >= 15 is 0 Å². The monoisotopic (exact) mass is 406 g/mol. The zero-order valence-electron chi connectivity index (χ0n) is 17.0. The second-order valence-corrected chi connectivity index (χ2v) is 10.5. The molecule has 1 aliphatic heterocycles. The van der Waals surface area contributed by atoms with Crippen LogP contribution in [-0.4, -0.2) is 44.0 Å². The first-order valence-corrected chi connectivity index (χ1v) is 12.4. The van der Waals surface area contributed by atoms with Gasteiger partial charge in [-0.25, -0.2) is 12.7 Å². The molecule has 1 aliphatic carbocycles. The van der Waals surface area contributed by atoms with Crippen LogP contribution in [0.4, 0.5) is 0 Å². The Kier molecular flexibility index (Phi) is 7.15. The van der Waals surface area contributed by atoms with Crippen LogP contribution in [0.2, 0.25) is 0 Å². The van der Waals surface area contributed by atoms with Gasteiger partial charge in [-0.3, -0.25) is 4.79 Å². The summed E-state index contributed by atoms with van der Waals surface area (Å²) < 4.78 is 26.3. The van der Waals surface area contributed by atoms with Gasteiger partial charge in [0.2, 0.25) is 15.9 Å². The van der Waals surface area contributed by atoms with E-state index in [2.05, 4.69) is 29.6 Å². The lowest BCUT2D eigenvalue weighted by Gasteiger charge is -2.33. The number of nitrogens with zero attached hydrogens (tertiary/aromatic N) is 1. The normalized spacial score (nSPS) is 20.9. The molecule has 1 heterocycles. The highest BCUT2D eigenvalue weighted by Crippen LogP contribution is 2.40. The first-order valence-electron chi connectivity index (χ1n) is 10.8. The van der Waals surface area contributed by atoms with Crippen LogP contribution < -0.4 is 5.32 Å². The summed E-state index contributed by atoms with van der Waals surface area (Å²) in [5.74, 6) is 0.236. The van der Waals surface area contributed by atoms with Gasteiger partial charge in [-0.05, 0) is 37.7 Å². The second kappa shape index (κ2) is 9.40. The zero-order chi connectivity index (χ0) is 20.0. The van der Waals surface area contributed by atoms with Crippen molar-refractivity contribution in [3.8, 4) is 0 Å². The van der Waals surface area contributed by atoms with E-state index in [0.29, 0.717) is 38.9 Å². The minimum absolute atomic E-state index is 0.0567. The number of hydrogen-bond donors (Lipinski definition) is 1. The van der Waals surface area contributed by atoms with E-state index in [9.17, 15) is 13.2 Å². The van der Waals surface area contributed by atoms with E-state index in [-0.39, 0.29) is 23.0 Å². The number of carbonyl (C=O) groups excluding carboxylic acids is 1. The molecule has 28 heavy (non-hydrogen) atoms. The molecule has 0 atom stereocenters. The van der Waals surface area contributed by atoms with Gasteiger partial charge in [0, 0.05) is 31.0 Å². The lowest BCUT2D eigenvalue weighted by atomic mass is 9.78. The first-order chi connectivity index (χ1) is 13.5. The van der Waals surface area contributed by atoms with Gasteiger partial charge in [-0.2, -0.15) is 0 Å². The van der Waals surface area contributed by atoms with Crippen molar-refractivity contribution in [2.75, 3.05) is 25.4 Å². The van der Waals surface area contributed by atoms with E-state index < -0.39 is 10.0 Å². The molecule has 1 N–H and O–H groups in total. The molecular formula is C22H34N2O3S. The molecular weight excluding hydrogens is 372 g/mol. The molecule has 0 spiro atoms. The smallest absolute Gasteiger partial charge is 0.223 e. The predicted molar refractivity (Wildman–Crippen MR) is 113 cm³/mol. The molecule has 156 valence electrons. The second-order valence-electron chi connectivity index (χ2n) is 8.41. The highest BCUT2D eigenvalue weighted by molar-refractivity contribution is 7.89. The Labute approximate surface area is 169 Å². The predicted octanol–water partition coefficient (Wildman–Crippen LogP) is 3.46. The fourth-order valence-electron chi connectivity index (χ4n) is 4.66. The molecule has 0 aromatic heterocycles. The zero-order valence-corrected chi connectivity index (χ0v) is 17.8. The fourth-order valence-corrected chi connectivity index (χ4v) is 6.34. The maximum absolute atomic E-state index is 12.8. The lowest BCUT2D eigenvalue weighted by molar-refractivity contribution is -0.126. The standard InChI is InChI=1S/C22H34N2O3S/c1-2-3-17-28(26,27)24-15-11-19(12-16-24)21(25)23-18-22(13-7-8-14-22)20-9-5-4-6-10-20/h4-6,9-10,19H,2-3,7-8,11-18H2,1H3,(H,23,25). The van der Waals surface area contributed by atoms with Gasteiger partial charge in [0.1, 0.15) is 0 Å². The number of rotatable bonds is 8. The van der Waals surface area contributed by atoms with Crippen molar-refractivity contribution >= 4 is 15.9 Å². The molecule has 1 saturated heterocycles. The molecule has 2 aliphatic rings. The van der Waals surface area contributed by atoms with E-state index in [1.807, 2.05) is 13.0 Å². The minimum Gasteiger partial charge on any atom is -0.355 e. The summed E-state index contributed by atoms with van der Waals surface area (Å²) >= 11 is 0. The number of piperidine rings is 1. The quantitative estimate of drug-likeness (QED) is 0.719. The van der Waals surface area contributed by atoms with E-state index in [4.69, 9.17) is 0 Å². The third kappa shape index (κ3) is 4.95. The average molecular weight is 407 g/mol. The summed E-state index contributed by atoms with van der Waals surface area (Å²) in [7, 11) is -3.16. The van der Waals surface area contributed by atoms with Crippen LogP contribution in [0, 0.1) is 5.92 Å². The van der Waals surface area contributed by atoms with Gasteiger partial charge in [0.05, 0.1) is 5.75 Å². The molecule has 2 fully saturated rings. The Morgan fingerprint density at radius 3 is 2.39 bits per heavy atom. The highest BCUT2D eigenvalue weighted by atomic mass is 32.2. The van der Waals surface area contributed by atoms with Crippen LogP contribution in [0.25, 0.3) is 0 Å². The van der Waals surface area contributed by atoms with Crippen LogP contribution in [0.15, 0.2) is 30.3 Å². The molecule has 0 bridgehead atoms. The number of carbonyl (C=O) groups is 1. The number of unbranched alkanes of at least 4 members (excludes halogenated alkanes) is 1. The van der Waals surface area contributed by atoms with Gasteiger partial charge < -0.3 is 5.32 Å². The SMILES string of the molecule is CCCCS(=O)(=O)N1CCC(C(=O)NCC2(c3ccccc3)CCCC2)CC1. The summed E-state index contributed by atoms with van der Waals surface area (Å²) in [4.78, 5) is 12.8. The van der Waals surface area contributed by atoms with Crippen LogP contribution in [0.5, 0.6) is 0 Å². The number of sulfonamides is 1. The summed E-state index contributed by atoms with van der Waals surface area (Å²) in [5.41, 5.74) is 1.38. The highest BCUT2D eigenvalue weighted by Gasteiger charge is 2.37. The molecule has 1 aromatic carbocycles. The van der Waals surface area contributed by atoms with Crippen molar-refractivity contribution in [2.45, 2.75) is 63.7 Å². The van der Waals surface area contributed by atoms with Crippen LogP contribution >= 0.6 is 0 Å². The van der Waals surface area contributed by atoms with Gasteiger partial charge in [0.15, 0.2) is 0 Å². The summed E-state index contributed by atoms with van der Waals surface area (Å²) in [5, 5.41) is 3.21. The largest absolute Gasteiger partial charge is 0.355 e. The summed E-state index contributed by atoms with van der Waals surface area (Å²) in [6.07, 6.45) is 7.46. The third-order valence-corrected chi connectivity index (χ3v) is 8.48. The van der Waals surface area contributed by atoms with E-state index in [0.717, 1.165) is 19.3 Å². The van der Waals surface area contributed by atoms with Crippen molar-refractivity contribution in [1.82, 2.24) is 9.62 Å². The van der Waals surface area contributed by atoms with Crippen molar-refractivity contribution < 1.29 is 13.2 Å². The Morgan fingerprint density at radius 1 is 1.14 bits per heavy atom. The Hall–Kier alpha value is -1.40. The number of hydrogen-bond acceptors (Lipinski definition) is 3. The third-order valence-electron chi connectivity index (χ3n) is 6.52. The van der Waals surface area contributed by atoms with Crippen molar-refractivity contribution in [3.63, 3.8) is 0 Å². The van der Waals surface area contributed by atoms with Crippen molar-refractivity contribution in [3.05, 3.63) is 35.9 Å². The maximum atomic E-state index is 12.8. The molecule has 1 saturated carbocycles. The Morgan fingerprint density at radius 2 is 1.79 bits per heavy atom. The molecule has 1 aromatic rings. The van der Waals surface area contributed by atoms with Crippen LogP contribution in [0.1, 0.15) is 63.9 Å². The van der Waals surface area contributed by atoms with Crippen LogP contribution in [0.3, 0.4) is 0 Å². The Bertz CT molecular complexity index is 734. The minimum atomic E-state index is -3.16. The number of benzene rings is 1. The van der Waals surface area contributed by atoms with Gasteiger partial charge in [-0.15, -0.1) is 0 Å². The summed E-state index contributed by atoms with van der Waals surface area (Å²) in [6, 6.07) is 10.5. The lowest BCUT2D eigenvalue weighted by Crippen LogP contribution is -2.46. The van der Waals surface area contributed by atoms with Gasteiger partial charge in [0.25, 0.3) is 0 Å². The van der Waals surface area contributed by atoms with Crippen molar-refractivity contribution in [1.29, 1.82) is 0 Å². The molecule has 1 amide bonds. The average Bonchev–Trinajstić information content (AvgIpc) is 3.21. The van der Waals surface area contributed by atoms with E-state index in [1.165, 1.54) is 18.4 Å². The molecule has 3 rings (SSSR count). The number of nitrogens with one attached hydrogen (secondary N) is 1. The van der Waals surface area contributed by atoms with E-state index in [1.54, 1.807) is 4.31 Å². The maximum Gasteiger partial charge on any atom is 0.223 e. The topological polar surface area (TPSA) is 66.5 Å². The molecule has 6 heteroatoms. The fraction of sp³-hybridized carbons (Fsp3) is 0.682. The first kappa shape index (κ1) is 21.3. The van der Waals surface area contributed by atoms with Gasteiger partial charge in [-0.1, -0.05) is 56.5 Å². The number of amides is 1. The van der Waals surface area contributed by atoms with Crippen LogP contribution in [-0.2, 0) is 20.2 Å².